The van der Waals surface area contributed by atoms with E-state index in [1.807, 2.05) is 30.3 Å². The third kappa shape index (κ3) is 2.66. The van der Waals surface area contributed by atoms with Gasteiger partial charge in [-0.1, -0.05) is 41.9 Å². The van der Waals surface area contributed by atoms with Gasteiger partial charge in [-0.05, 0) is 5.56 Å². The van der Waals surface area contributed by atoms with Crippen LogP contribution in [0.1, 0.15) is 11.8 Å². The highest BCUT2D eigenvalue weighted by molar-refractivity contribution is 6.33. The molecule has 10 heteroatoms. The molecule has 2 aromatic heterocycles. The lowest BCUT2D eigenvalue weighted by atomic mass is 10.00. The van der Waals surface area contributed by atoms with Gasteiger partial charge in [0, 0.05) is 0 Å². The van der Waals surface area contributed by atoms with E-state index in [-0.39, 0.29) is 24.3 Å². The van der Waals surface area contributed by atoms with Gasteiger partial charge >= 0.3 is 0 Å². The first-order chi connectivity index (χ1) is 13.6. The highest BCUT2D eigenvalue weighted by Crippen LogP contribution is 2.47. The first-order valence-corrected chi connectivity index (χ1v) is 9.20. The smallest absolute Gasteiger partial charge is 0.223 e. The number of nitrogens with zero attached hydrogens (tertiary/aromatic N) is 4. The Morgan fingerprint density at radius 3 is 2.93 bits per heavy atom. The second-order valence-corrected chi connectivity index (χ2v) is 7.28. The number of anilines is 1. The van der Waals surface area contributed by atoms with Gasteiger partial charge < -0.3 is 25.1 Å². The number of hydrogen-bond acceptors (Lipinski definition) is 8. The maximum absolute atomic E-state index is 10.1. The molecule has 2 aliphatic rings. The highest BCUT2D eigenvalue weighted by Gasteiger charge is 2.63. The molecular weight excluding hydrogens is 386 g/mol. The summed E-state index contributed by atoms with van der Waals surface area (Å²) < 4.78 is 20.0. The Kier molecular flexibility index (Phi) is 4.22. The number of fused-ring (bicyclic) bond motifs is 3. The van der Waals surface area contributed by atoms with Gasteiger partial charge in [0.05, 0.1) is 26.1 Å². The number of nitrogen functional groups attached to an aromatic ring is 1. The highest BCUT2D eigenvalue weighted by atomic mass is 35.5. The minimum atomic E-state index is -0.955. The number of aromatic nitrogens is 4. The molecule has 1 unspecified atom stereocenters. The molecule has 2 saturated heterocycles. The van der Waals surface area contributed by atoms with Crippen LogP contribution in [0.2, 0.25) is 5.15 Å². The van der Waals surface area contributed by atoms with E-state index in [0.717, 1.165) is 5.56 Å². The van der Waals surface area contributed by atoms with Crippen LogP contribution in [0.4, 0.5) is 5.95 Å². The summed E-state index contributed by atoms with van der Waals surface area (Å²) in [5.41, 5.74) is 6.66. The van der Waals surface area contributed by atoms with Crippen molar-refractivity contribution >= 4 is 28.7 Å². The number of aliphatic hydroxyl groups is 1. The van der Waals surface area contributed by atoms with Crippen molar-refractivity contribution in [2.24, 2.45) is 0 Å². The van der Waals surface area contributed by atoms with E-state index in [4.69, 9.17) is 31.5 Å². The lowest BCUT2D eigenvalue weighted by molar-refractivity contribution is -0.187. The summed E-state index contributed by atoms with van der Waals surface area (Å²) >= 11 is 6.12. The van der Waals surface area contributed by atoms with Gasteiger partial charge in [-0.15, -0.1) is 0 Å². The molecule has 3 aromatic rings. The fourth-order valence-corrected chi connectivity index (χ4v) is 4.05. The number of ether oxygens (including phenoxy) is 3. The standard InChI is InChI=1S/C18H18ClN5O4/c19-14-11-15(23-17(20)22-14)24(9-21-11)16-12-13(18(7-25,28-16)8-27-12)26-6-10-4-2-1-3-5-10/h1-5,9,12-13,16,25H,6-8H2,(H2,20,22,23)/t12?,13-,16+,18-/m0/s1. The summed E-state index contributed by atoms with van der Waals surface area (Å²) in [4.78, 5) is 12.4. The van der Waals surface area contributed by atoms with Gasteiger partial charge in [-0.3, -0.25) is 4.57 Å². The van der Waals surface area contributed by atoms with Gasteiger partial charge in [0.1, 0.15) is 23.3 Å². The van der Waals surface area contributed by atoms with Crippen LogP contribution >= 0.6 is 11.6 Å². The molecule has 4 heterocycles. The minimum absolute atomic E-state index is 0.0390. The molecule has 0 radical (unpaired) electrons. The molecule has 1 aromatic carbocycles. The molecule has 28 heavy (non-hydrogen) atoms. The van der Waals surface area contributed by atoms with Gasteiger partial charge in [0.2, 0.25) is 5.95 Å². The summed E-state index contributed by atoms with van der Waals surface area (Å²) in [6, 6.07) is 9.80. The monoisotopic (exact) mass is 403 g/mol. The minimum Gasteiger partial charge on any atom is -0.393 e. The quantitative estimate of drug-likeness (QED) is 0.612. The molecule has 0 aliphatic carbocycles. The van der Waals surface area contributed by atoms with Crippen LogP contribution in [0.3, 0.4) is 0 Å². The first-order valence-electron chi connectivity index (χ1n) is 8.83. The van der Waals surface area contributed by atoms with Crippen molar-refractivity contribution in [3.63, 3.8) is 0 Å². The van der Waals surface area contributed by atoms with Crippen molar-refractivity contribution < 1.29 is 19.3 Å². The second-order valence-electron chi connectivity index (χ2n) is 6.92. The molecule has 2 fully saturated rings. The van der Waals surface area contributed by atoms with Crippen molar-refractivity contribution in [2.45, 2.75) is 30.6 Å². The van der Waals surface area contributed by atoms with Crippen LogP contribution in [-0.2, 0) is 20.8 Å². The van der Waals surface area contributed by atoms with Crippen molar-refractivity contribution in [3.8, 4) is 0 Å². The zero-order chi connectivity index (χ0) is 19.3. The molecule has 2 aliphatic heterocycles. The molecule has 3 N–H and O–H groups in total. The number of benzene rings is 1. The van der Waals surface area contributed by atoms with E-state index in [1.165, 1.54) is 0 Å². The summed E-state index contributed by atoms with van der Waals surface area (Å²) in [5, 5.41) is 10.2. The summed E-state index contributed by atoms with van der Waals surface area (Å²) in [6.45, 7) is 0.396. The fraction of sp³-hybridized carbons (Fsp3) is 0.389. The SMILES string of the molecule is Nc1nc(Cl)c2ncn([C@@H]3O[C@@]4(CO)COC3[C@@H]4OCc3ccccc3)c2n1. The van der Waals surface area contributed by atoms with Crippen LogP contribution in [0, 0.1) is 0 Å². The molecule has 4 atom stereocenters. The van der Waals surface area contributed by atoms with Crippen LogP contribution < -0.4 is 5.73 Å². The van der Waals surface area contributed by atoms with Crippen LogP contribution in [0.5, 0.6) is 0 Å². The van der Waals surface area contributed by atoms with Gasteiger partial charge in [0.25, 0.3) is 0 Å². The van der Waals surface area contributed by atoms with E-state index < -0.39 is 24.0 Å². The maximum atomic E-state index is 10.1. The second kappa shape index (κ2) is 6.64. The number of rotatable bonds is 5. The Balaban J connectivity index is 1.47. The van der Waals surface area contributed by atoms with Crippen LogP contribution in [0.25, 0.3) is 11.2 Å². The summed E-state index contributed by atoms with van der Waals surface area (Å²) in [7, 11) is 0. The average Bonchev–Trinajstić information content (AvgIpc) is 3.37. The Morgan fingerprint density at radius 2 is 2.14 bits per heavy atom. The van der Waals surface area contributed by atoms with E-state index in [9.17, 15) is 5.11 Å². The summed E-state index contributed by atoms with van der Waals surface area (Å²) in [5.74, 6) is 0.0390. The Labute approximate surface area is 165 Å². The number of aliphatic hydroxyl groups excluding tert-OH is 1. The molecule has 9 nitrogen and oxygen atoms in total. The molecule has 2 bridgehead atoms. The van der Waals surface area contributed by atoms with Crippen LogP contribution in [0.15, 0.2) is 36.7 Å². The molecular formula is C18H18ClN5O4. The molecule has 5 rings (SSSR count). The summed E-state index contributed by atoms with van der Waals surface area (Å²) in [6.07, 6.45) is 0.0775. The third-order valence-electron chi connectivity index (χ3n) is 5.18. The van der Waals surface area contributed by atoms with Gasteiger partial charge in [-0.25, -0.2) is 4.98 Å². The number of imidazole rings is 1. The molecule has 0 saturated carbocycles. The Bertz CT molecular complexity index is 1020. The predicted molar refractivity (Wildman–Crippen MR) is 99.4 cm³/mol. The lowest BCUT2D eigenvalue weighted by Crippen LogP contribution is -2.45. The Morgan fingerprint density at radius 1 is 1.32 bits per heavy atom. The maximum Gasteiger partial charge on any atom is 0.223 e. The average molecular weight is 404 g/mol. The fourth-order valence-electron chi connectivity index (χ4n) is 3.83. The van der Waals surface area contributed by atoms with Crippen LogP contribution in [-0.4, -0.2) is 55.6 Å². The Hall–Kier alpha value is -2.30. The van der Waals surface area contributed by atoms with Crippen molar-refractivity contribution in [1.82, 2.24) is 19.5 Å². The lowest BCUT2D eigenvalue weighted by Gasteiger charge is -2.29. The molecule has 146 valence electrons. The van der Waals surface area contributed by atoms with Crippen molar-refractivity contribution in [1.29, 1.82) is 0 Å². The topological polar surface area (TPSA) is 118 Å². The van der Waals surface area contributed by atoms with E-state index in [0.29, 0.717) is 17.8 Å². The van der Waals surface area contributed by atoms with E-state index in [1.54, 1.807) is 10.9 Å². The first kappa shape index (κ1) is 17.8. The molecule has 0 spiro atoms. The zero-order valence-electron chi connectivity index (χ0n) is 14.7. The predicted octanol–water partition coefficient (Wildman–Crippen LogP) is 1.31. The largest absolute Gasteiger partial charge is 0.393 e. The zero-order valence-corrected chi connectivity index (χ0v) is 15.5. The molecule has 0 amide bonds. The number of halogens is 1. The van der Waals surface area contributed by atoms with Crippen molar-refractivity contribution in [2.75, 3.05) is 18.9 Å². The number of hydrogen-bond donors (Lipinski definition) is 2. The van der Waals surface area contributed by atoms with Gasteiger partial charge in [0.15, 0.2) is 17.0 Å². The van der Waals surface area contributed by atoms with E-state index in [2.05, 4.69) is 15.0 Å². The van der Waals surface area contributed by atoms with E-state index >= 15 is 0 Å². The normalized spacial score (nSPS) is 29.0. The van der Waals surface area contributed by atoms with Crippen molar-refractivity contribution in [3.05, 3.63) is 47.4 Å². The number of nitrogens with two attached hydrogens (primary N) is 1. The van der Waals surface area contributed by atoms with Gasteiger partial charge in [-0.2, -0.15) is 9.97 Å². The third-order valence-corrected chi connectivity index (χ3v) is 5.45.